The molecule has 0 radical (unpaired) electrons. The molecular formula is C30H26F3N3O2S. The summed E-state index contributed by atoms with van der Waals surface area (Å²) in [6, 6.07) is 17.1. The van der Waals surface area contributed by atoms with Crippen molar-refractivity contribution in [2.45, 2.75) is 31.6 Å². The number of piperidine rings is 1. The van der Waals surface area contributed by atoms with Crippen molar-refractivity contribution in [3.8, 4) is 11.1 Å². The maximum absolute atomic E-state index is 13.4. The van der Waals surface area contributed by atoms with E-state index in [1.165, 1.54) is 29.5 Å². The van der Waals surface area contributed by atoms with Gasteiger partial charge in [-0.25, -0.2) is 18.2 Å². The first kappa shape index (κ1) is 26.6. The second-order valence-corrected chi connectivity index (χ2v) is 10.4. The molecule has 1 N–H and O–H groups in total. The van der Waals surface area contributed by atoms with E-state index in [1.54, 1.807) is 28.5 Å². The summed E-state index contributed by atoms with van der Waals surface area (Å²) in [5.74, 6) is -2.32. The number of aryl methyl sites for hydroxylation is 1. The van der Waals surface area contributed by atoms with E-state index in [9.17, 15) is 22.8 Å². The molecule has 2 heterocycles. The van der Waals surface area contributed by atoms with Gasteiger partial charge >= 0.3 is 0 Å². The first-order valence-corrected chi connectivity index (χ1v) is 13.6. The van der Waals surface area contributed by atoms with Crippen molar-refractivity contribution in [2.75, 3.05) is 18.4 Å². The van der Waals surface area contributed by atoms with Crippen molar-refractivity contribution in [3.63, 3.8) is 0 Å². The highest BCUT2D eigenvalue weighted by atomic mass is 32.1. The predicted octanol–water partition coefficient (Wildman–Crippen LogP) is 6.82. The highest BCUT2D eigenvalue weighted by molar-refractivity contribution is 7.10. The number of carbonyl (C=O) groups excluding carboxylic acids is 2. The van der Waals surface area contributed by atoms with Gasteiger partial charge in [-0.3, -0.25) is 9.59 Å². The minimum absolute atomic E-state index is 0.0165. The van der Waals surface area contributed by atoms with Crippen molar-refractivity contribution in [1.82, 2.24) is 9.88 Å². The number of anilines is 1. The Morgan fingerprint density at radius 1 is 0.949 bits per heavy atom. The highest BCUT2D eigenvalue weighted by Gasteiger charge is 2.26. The minimum Gasteiger partial charge on any atom is -0.343 e. The molecule has 1 fully saturated rings. The third-order valence-electron chi connectivity index (χ3n) is 6.89. The lowest BCUT2D eigenvalue weighted by Crippen LogP contribution is -2.38. The van der Waals surface area contributed by atoms with Gasteiger partial charge < -0.3 is 10.2 Å². The lowest BCUT2D eigenvalue weighted by molar-refractivity contribution is -0.132. The molecule has 2 amide bonds. The average Bonchev–Trinajstić information content (AvgIpc) is 3.45. The number of aromatic nitrogens is 1. The van der Waals surface area contributed by atoms with Gasteiger partial charge in [-0.05, 0) is 60.7 Å². The molecule has 0 unspecified atom stereocenters. The van der Waals surface area contributed by atoms with Crippen LogP contribution in [0.2, 0.25) is 0 Å². The third-order valence-corrected chi connectivity index (χ3v) is 7.90. The highest BCUT2D eigenvalue weighted by Crippen LogP contribution is 2.32. The third kappa shape index (κ3) is 6.37. The lowest BCUT2D eigenvalue weighted by atomic mass is 9.97. The van der Waals surface area contributed by atoms with Crippen molar-refractivity contribution in [2.24, 2.45) is 0 Å². The fraction of sp³-hybridized carbons (Fsp3) is 0.233. The summed E-state index contributed by atoms with van der Waals surface area (Å²) in [4.78, 5) is 32.0. The standard InChI is InChI=1S/C30H26F3N3O2S/c31-22-9-7-20(8-10-22)23-3-1-2-4-26(23)34-29(38)27-18-39-30(35-27)21-13-15-36(16-14-21)28(37)12-6-19-5-11-24(32)25(33)17-19/h1-5,7-11,17-18,21H,6,12-16H2,(H,34,38). The number of likely N-dealkylation sites (tertiary alicyclic amines) is 1. The molecule has 0 aliphatic carbocycles. The van der Waals surface area contributed by atoms with Crippen molar-refractivity contribution >= 4 is 28.8 Å². The lowest BCUT2D eigenvalue weighted by Gasteiger charge is -2.31. The molecule has 0 saturated carbocycles. The topological polar surface area (TPSA) is 62.3 Å². The number of halogens is 3. The zero-order chi connectivity index (χ0) is 27.4. The van der Waals surface area contributed by atoms with Gasteiger partial charge in [0.05, 0.1) is 5.01 Å². The normalized spacial score (nSPS) is 13.9. The summed E-state index contributed by atoms with van der Waals surface area (Å²) in [7, 11) is 0. The Morgan fingerprint density at radius 3 is 2.44 bits per heavy atom. The van der Waals surface area contributed by atoms with Crippen LogP contribution in [0.5, 0.6) is 0 Å². The van der Waals surface area contributed by atoms with E-state index in [1.807, 2.05) is 18.2 Å². The molecule has 5 rings (SSSR count). The molecule has 1 aliphatic heterocycles. The van der Waals surface area contributed by atoms with Crippen molar-refractivity contribution in [3.05, 3.63) is 106 Å². The van der Waals surface area contributed by atoms with Crippen LogP contribution in [0, 0.1) is 17.5 Å². The van der Waals surface area contributed by atoms with E-state index >= 15 is 0 Å². The van der Waals surface area contributed by atoms with Crippen LogP contribution in [-0.2, 0) is 11.2 Å². The largest absolute Gasteiger partial charge is 0.343 e. The Kier molecular flexibility index (Phi) is 8.07. The summed E-state index contributed by atoms with van der Waals surface area (Å²) in [5.41, 5.74) is 3.10. The van der Waals surface area contributed by atoms with Crippen molar-refractivity contribution in [1.29, 1.82) is 0 Å². The van der Waals surface area contributed by atoms with E-state index in [4.69, 9.17) is 0 Å². The van der Waals surface area contributed by atoms with Crippen LogP contribution in [0.3, 0.4) is 0 Å². The Hall–Kier alpha value is -3.98. The van der Waals surface area contributed by atoms with Crippen LogP contribution in [0.25, 0.3) is 11.1 Å². The SMILES string of the molecule is O=C(Nc1ccccc1-c1ccc(F)cc1)c1csc(C2CCN(C(=O)CCc3ccc(F)c(F)c3)CC2)n1. The molecule has 39 heavy (non-hydrogen) atoms. The predicted molar refractivity (Wildman–Crippen MR) is 145 cm³/mol. The molecule has 3 aromatic carbocycles. The minimum atomic E-state index is -0.908. The van der Waals surface area contributed by atoms with Crippen LogP contribution in [0.4, 0.5) is 18.9 Å². The van der Waals surface area contributed by atoms with Crippen LogP contribution in [0.15, 0.2) is 72.1 Å². The quantitative estimate of drug-likeness (QED) is 0.275. The molecule has 0 bridgehead atoms. The van der Waals surface area contributed by atoms with Gasteiger partial charge in [0.1, 0.15) is 11.5 Å². The van der Waals surface area contributed by atoms with Gasteiger partial charge in [0.15, 0.2) is 11.6 Å². The van der Waals surface area contributed by atoms with Gasteiger partial charge in [-0.15, -0.1) is 11.3 Å². The molecule has 0 atom stereocenters. The van der Waals surface area contributed by atoms with Crippen LogP contribution >= 0.6 is 11.3 Å². The number of para-hydroxylation sites is 1. The molecule has 0 spiro atoms. The Labute approximate surface area is 228 Å². The summed E-state index contributed by atoms with van der Waals surface area (Å²) in [6.45, 7) is 1.15. The first-order valence-electron chi connectivity index (χ1n) is 12.7. The summed E-state index contributed by atoms with van der Waals surface area (Å²) >= 11 is 1.43. The molecule has 4 aromatic rings. The maximum Gasteiger partial charge on any atom is 0.275 e. The number of amides is 2. The summed E-state index contributed by atoms with van der Waals surface area (Å²) in [6.07, 6.45) is 2.06. The Bertz CT molecular complexity index is 1480. The number of benzene rings is 3. The number of hydrogen-bond donors (Lipinski definition) is 1. The number of nitrogens with one attached hydrogen (secondary N) is 1. The molecule has 9 heteroatoms. The monoisotopic (exact) mass is 549 g/mol. The smallest absolute Gasteiger partial charge is 0.275 e. The van der Waals surface area contributed by atoms with Gasteiger partial charge in [-0.2, -0.15) is 0 Å². The van der Waals surface area contributed by atoms with E-state index in [0.717, 1.165) is 41.1 Å². The molecule has 1 aromatic heterocycles. The van der Waals surface area contributed by atoms with Crippen molar-refractivity contribution < 1.29 is 22.8 Å². The summed E-state index contributed by atoms with van der Waals surface area (Å²) < 4.78 is 39.9. The number of hydrogen-bond acceptors (Lipinski definition) is 4. The maximum atomic E-state index is 13.4. The second-order valence-electron chi connectivity index (χ2n) is 9.48. The number of thiazole rings is 1. The zero-order valence-electron chi connectivity index (χ0n) is 21.0. The van der Waals surface area contributed by atoms with E-state index in [0.29, 0.717) is 36.5 Å². The molecule has 1 saturated heterocycles. The van der Waals surface area contributed by atoms with E-state index in [-0.39, 0.29) is 30.0 Å². The van der Waals surface area contributed by atoms with Gasteiger partial charge in [0, 0.05) is 42.1 Å². The van der Waals surface area contributed by atoms with Crippen LogP contribution < -0.4 is 5.32 Å². The van der Waals surface area contributed by atoms with Crippen LogP contribution in [-0.4, -0.2) is 34.8 Å². The molecule has 5 nitrogen and oxygen atoms in total. The average molecular weight is 550 g/mol. The van der Waals surface area contributed by atoms with Crippen LogP contribution in [0.1, 0.15) is 46.2 Å². The van der Waals surface area contributed by atoms with Gasteiger partial charge in [0.2, 0.25) is 5.91 Å². The molecular weight excluding hydrogens is 523 g/mol. The zero-order valence-corrected chi connectivity index (χ0v) is 21.8. The second kappa shape index (κ2) is 11.8. The van der Waals surface area contributed by atoms with E-state index in [2.05, 4.69) is 10.3 Å². The van der Waals surface area contributed by atoms with Gasteiger partial charge in [0.25, 0.3) is 5.91 Å². The first-order chi connectivity index (χ1) is 18.9. The molecule has 1 aliphatic rings. The Balaban J connectivity index is 1.16. The number of carbonyl (C=O) groups is 2. The fourth-order valence-electron chi connectivity index (χ4n) is 4.72. The fourth-order valence-corrected chi connectivity index (χ4v) is 5.69. The number of rotatable bonds is 7. The van der Waals surface area contributed by atoms with Gasteiger partial charge in [-0.1, -0.05) is 36.4 Å². The Morgan fingerprint density at radius 2 is 1.69 bits per heavy atom. The number of nitrogens with zero attached hydrogens (tertiary/aromatic N) is 2. The molecule has 200 valence electrons. The van der Waals surface area contributed by atoms with E-state index < -0.39 is 11.6 Å². The summed E-state index contributed by atoms with van der Waals surface area (Å²) in [5, 5.41) is 5.53.